The van der Waals surface area contributed by atoms with Crippen molar-refractivity contribution in [2.45, 2.75) is 25.0 Å². The Balaban J connectivity index is 1.76. The van der Waals surface area contributed by atoms with Crippen molar-refractivity contribution in [2.75, 3.05) is 13.2 Å². The largest absolute Gasteiger partial charge is 0.442 e. The average molecular weight is 450 g/mol. The molecule has 0 spiro atoms. The van der Waals surface area contributed by atoms with E-state index in [4.69, 9.17) is 44.3 Å². The lowest BCUT2D eigenvalue weighted by Crippen LogP contribution is -2.37. The van der Waals surface area contributed by atoms with Gasteiger partial charge in [0, 0.05) is 23.7 Å². The third-order valence-corrected chi connectivity index (χ3v) is 5.82. The van der Waals surface area contributed by atoms with Crippen molar-refractivity contribution >= 4 is 58.2 Å². The van der Waals surface area contributed by atoms with Gasteiger partial charge in [-0.25, -0.2) is 4.79 Å². The summed E-state index contributed by atoms with van der Waals surface area (Å²) in [6.07, 6.45) is 0.604. The molecule has 0 bridgehead atoms. The highest BCUT2D eigenvalue weighted by molar-refractivity contribution is 7.11. The molecular formula is C17H15Cl3N2O4S. The quantitative estimate of drug-likeness (QED) is 0.665. The molecule has 10 heteroatoms. The second-order valence-corrected chi connectivity index (χ2v) is 8.03. The zero-order valence-corrected chi connectivity index (χ0v) is 17.0. The number of hydrogen-bond donors (Lipinski definition) is 1. The van der Waals surface area contributed by atoms with E-state index >= 15 is 0 Å². The van der Waals surface area contributed by atoms with Crippen LogP contribution in [0.5, 0.6) is 0 Å². The zero-order valence-electron chi connectivity index (χ0n) is 13.9. The molecule has 6 nitrogen and oxygen atoms in total. The molecule has 0 unspecified atom stereocenters. The first kappa shape index (κ1) is 20.4. The molecule has 2 atom stereocenters. The molecule has 0 radical (unpaired) electrons. The molecule has 2 aromatic rings. The molecule has 1 fully saturated rings. The van der Waals surface area contributed by atoms with Crippen LogP contribution in [0.25, 0.3) is 0 Å². The maximum atomic E-state index is 12.7. The van der Waals surface area contributed by atoms with Gasteiger partial charge in [0.15, 0.2) is 5.69 Å². The van der Waals surface area contributed by atoms with Gasteiger partial charge >= 0.3 is 5.97 Å². The second kappa shape index (κ2) is 9.21. The summed E-state index contributed by atoms with van der Waals surface area (Å²) in [5, 5.41) is 3.26. The molecule has 0 aliphatic carbocycles. The highest BCUT2D eigenvalue weighted by atomic mass is 35.5. The zero-order chi connectivity index (χ0) is 19.4. The van der Waals surface area contributed by atoms with E-state index in [1.807, 2.05) is 0 Å². The van der Waals surface area contributed by atoms with E-state index in [1.165, 1.54) is 0 Å². The summed E-state index contributed by atoms with van der Waals surface area (Å²) in [5.74, 6) is -1.31. The van der Waals surface area contributed by atoms with Gasteiger partial charge in [0.1, 0.15) is 9.36 Å². The Bertz CT molecular complexity index is 822. The molecule has 144 valence electrons. The van der Waals surface area contributed by atoms with E-state index in [2.05, 4.69) is 9.69 Å². The van der Waals surface area contributed by atoms with Gasteiger partial charge in [0.05, 0.1) is 6.10 Å². The van der Waals surface area contributed by atoms with Gasteiger partial charge in [-0.2, -0.15) is 4.37 Å². The molecule has 27 heavy (non-hydrogen) atoms. The van der Waals surface area contributed by atoms with E-state index in [-0.39, 0.29) is 21.2 Å². The van der Waals surface area contributed by atoms with Crippen LogP contribution in [0.1, 0.15) is 35.0 Å². The lowest BCUT2D eigenvalue weighted by molar-refractivity contribution is -0.130. The molecule has 1 amide bonds. The summed E-state index contributed by atoms with van der Waals surface area (Å²) in [6.45, 7) is 1.02. The standard InChI is InChI=1S/C17H15Cl3N2O4S/c18-10-5-3-9(4-6-10)14(16(23)21-8-11-2-1-7-25-11)26-17(24)13-12(19)15(20)27-22-13/h3-6,11,14H,1-2,7-8H2,(H,21,23)/t11-,14-/m1/s1. The van der Waals surface area contributed by atoms with Crippen molar-refractivity contribution in [3.63, 3.8) is 0 Å². The van der Waals surface area contributed by atoms with E-state index in [9.17, 15) is 9.59 Å². The maximum absolute atomic E-state index is 12.7. The number of halogens is 3. The molecular weight excluding hydrogens is 435 g/mol. The van der Waals surface area contributed by atoms with Crippen LogP contribution >= 0.6 is 46.3 Å². The predicted molar refractivity (Wildman–Crippen MR) is 104 cm³/mol. The minimum absolute atomic E-state index is 0.00119. The fraction of sp³-hybridized carbons (Fsp3) is 0.353. The highest BCUT2D eigenvalue weighted by Gasteiger charge is 2.29. The first-order valence-electron chi connectivity index (χ1n) is 8.12. The number of carbonyl (C=O) groups is 2. The normalized spacial score (nSPS) is 17.5. The van der Waals surface area contributed by atoms with Crippen molar-refractivity contribution in [3.05, 3.63) is 49.9 Å². The fourth-order valence-electron chi connectivity index (χ4n) is 2.57. The minimum atomic E-state index is -1.19. The molecule has 1 aromatic heterocycles. The van der Waals surface area contributed by atoms with Crippen LogP contribution in [0, 0.1) is 0 Å². The molecule has 1 N–H and O–H groups in total. The Labute approximate surface area is 174 Å². The number of carbonyl (C=O) groups excluding carboxylic acids is 2. The summed E-state index contributed by atoms with van der Waals surface area (Å²) in [5.41, 5.74) is 0.340. The van der Waals surface area contributed by atoms with Gasteiger partial charge in [-0.1, -0.05) is 46.9 Å². The molecule has 1 aromatic carbocycles. The average Bonchev–Trinajstić information content (AvgIpc) is 3.29. The lowest BCUT2D eigenvalue weighted by atomic mass is 10.1. The van der Waals surface area contributed by atoms with Crippen LogP contribution in [0.2, 0.25) is 14.4 Å². The summed E-state index contributed by atoms with van der Waals surface area (Å²) in [4.78, 5) is 25.1. The Morgan fingerprint density at radius 1 is 1.30 bits per heavy atom. The summed E-state index contributed by atoms with van der Waals surface area (Å²) in [6, 6.07) is 6.44. The van der Waals surface area contributed by atoms with E-state index < -0.39 is 18.0 Å². The maximum Gasteiger partial charge on any atom is 0.360 e. The van der Waals surface area contributed by atoms with Crippen molar-refractivity contribution in [1.82, 2.24) is 9.69 Å². The van der Waals surface area contributed by atoms with Crippen molar-refractivity contribution < 1.29 is 19.1 Å². The van der Waals surface area contributed by atoms with E-state index in [0.717, 1.165) is 24.4 Å². The van der Waals surface area contributed by atoms with Crippen LogP contribution in [0.3, 0.4) is 0 Å². The SMILES string of the molecule is O=C(O[C@@H](C(=O)NC[C@H]1CCCO1)c1ccc(Cl)cc1)c1nsc(Cl)c1Cl. The molecule has 1 aliphatic rings. The Kier molecular flexibility index (Phi) is 6.94. The van der Waals surface area contributed by atoms with Crippen molar-refractivity contribution in [3.8, 4) is 0 Å². The van der Waals surface area contributed by atoms with Gasteiger partial charge in [0.25, 0.3) is 5.91 Å². The van der Waals surface area contributed by atoms with Crippen LogP contribution < -0.4 is 5.32 Å². The summed E-state index contributed by atoms with van der Waals surface area (Å²) < 4.78 is 14.9. The monoisotopic (exact) mass is 448 g/mol. The topological polar surface area (TPSA) is 77.5 Å². The molecule has 1 aliphatic heterocycles. The molecule has 2 heterocycles. The number of nitrogens with one attached hydrogen (secondary N) is 1. The summed E-state index contributed by atoms with van der Waals surface area (Å²) in [7, 11) is 0. The van der Waals surface area contributed by atoms with Gasteiger partial charge in [0.2, 0.25) is 6.10 Å². The van der Waals surface area contributed by atoms with Crippen LogP contribution in [0.15, 0.2) is 24.3 Å². The Morgan fingerprint density at radius 3 is 2.63 bits per heavy atom. The number of rotatable bonds is 6. The van der Waals surface area contributed by atoms with Crippen molar-refractivity contribution in [2.24, 2.45) is 0 Å². The molecule has 3 rings (SSSR count). The van der Waals surface area contributed by atoms with Crippen LogP contribution in [-0.4, -0.2) is 35.5 Å². The number of amides is 1. The van der Waals surface area contributed by atoms with Gasteiger partial charge in [-0.15, -0.1) is 0 Å². The lowest BCUT2D eigenvalue weighted by Gasteiger charge is -2.19. The third-order valence-electron chi connectivity index (χ3n) is 3.95. The van der Waals surface area contributed by atoms with E-state index in [1.54, 1.807) is 24.3 Å². The van der Waals surface area contributed by atoms with Crippen molar-refractivity contribution in [1.29, 1.82) is 0 Å². The number of ether oxygens (including phenoxy) is 2. The first-order chi connectivity index (χ1) is 13.0. The van der Waals surface area contributed by atoms with E-state index in [0.29, 0.717) is 23.7 Å². The number of esters is 1. The Morgan fingerprint density at radius 2 is 2.04 bits per heavy atom. The molecule has 1 saturated heterocycles. The Hall–Kier alpha value is -1.38. The number of nitrogens with zero attached hydrogens (tertiary/aromatic N) is 1. The number of aromatic nitrogens is 1. The van der Waals surface area contributed by atoms with Gasteiger partial charge < -0.3 is 14.8 Å². The smallest absolute Gasteiger partial charge is 0.360 e. The predicted octanol–water partition coefficient (Wildman–Crippen LogP) is 4.30. The highest BCUT2D eigenvalue weighted by Crippen LogP contribution is 2.31. The summed E-state index contributed by atoms with van der Waals surface area (Å²) >= 11 is 18.6. The minimum Gasteiger partial charge on any atom is -0.442 e. The number of hydrogen-bond acceptors (Lipinski definition) is 6. The third kappa shape index (κ3) is 5.12. The first-order valence-corrected chi connectivity index (χ1v) is 10.0. The van der Waals surface area contributed by atoms with Crippen LogP contribution in [0.4, 0.5) is 0 Å². The fourth-order valence-corrected chi connectivity index (χ4v) is 3.68. The van der Waals surface area contributed by atoms with Crippen LogP contribution in [-0.2, 0) is 14.3 Å². The molecule has 0 saturated carbocycles. The van der Waals surface area contributed by atoms with Gasteiger partial charge in [-0.3, -0.25) is 4.79 Å². The van der Waals surface area contributed by atoms with Gasteiger partial charge in [-0.05, 0) is 36.5 Å². The second-order valence-electron chi connectivity index (χ2n) is 5.84. The number of benzene rings is 1.